The lowest BCUT2D eigenvalue weighted by Gasteiger charge is -2.20. The number of hydrogen-bond donors (Lipinski definition) is 3. The number of aliphatic hydroxyl groups is 2. The predicted octanol–water partition coefficient (Wildman–Crippen LogP) is 11.0. The third-order valence-corrected chi connectivity index (χ3v) is 8.88. The van der Waals surface area contributed by atoms with E-state index >= 15 is 0 Å². The van der Waals surface area contributed by atoms with Crippen LogP contribution in [0.1, 0.15) is 129 Å². The fourth-order valence-electron chi connectivity index (χ4n) is 4.73. The maximum atomic E-state index is 12.6. The fraction of sp³-hybridized carbons (Fsp3) is 0.565. The maximum absolute atomic E-state index is 12.6. The van der Waals surface area contributed by atoms with Gasteiger partial charge in [-0.2, -0.15) is 0 Å². The molecule has 1 unspecified atom stereocenters. The van der Waals surface area contributed by atoms with Gasteiger partial charge in [-0.1, -0.05) is 136 Å². The van der Waals surface area contributed by atoms with Gasteiger partial charge in [0.1, 0.15) is 12.7 Å². The molecule has 57 heavy (non-hydrogen) atoms. The second kappa shape index (κ2) is 40.8. The van der Waals surface area contributed by atoms with Gasteiger partial charge in [0, 0.05) is 12.8 Å². The number of ether oxygens (including phenoxy) is 2. The van der Waals surface area contributed by atoms with E-state index in [1.165, 1.54) is 19.3 Å². The van der Waals surface area contributed by atoms with E-state index in [0.29, 0.717) is 12.8 Å². The molecule has 0 aromatic heterocycles. The number of hydrogen-bond acceptors (Lipinski definition) is 9. The zero-order chi connectivity index (χ0) is 41.9. The van der Waals surface area contributed by atoms with Crippen LogP contribution in [0.2, 0.25) is 0 Å². The second-order valence-electron chi connectivity index (χ2n) is 13.3. The molecule has 3 N–H and O–H groups in total. The summed E-state index contributed by atoms with van der Waals surface area (Å²) in [4.78, 5) is 34.9. The summed E-state index contributed by atoms with van der Waals surface area (Å²) in [5.74, 6) is -1.08. The summed E-state index contributed by atoms with van der Waals surface area (Å²) in [7, 11) is -4.65. The van der Waals surface area contributed by atoms with Crippen molar-refractivity contribution in [2.45, 2.75) is 142 Å². The molecule has 10 nitrogen and oxygen atoms in total. The number of esters is 2. The summed E-state index contributed by atoms with van der Waals surface area (Å²) in [5.41, 5.74) is 0. The number of rotatable bonds is 37. The van der Waals surface area contributed by atoms with Crippen molar-refractivity contribution in [1.29, 1.82) is 0 Å². The van der Waals surface area contributed by atoms with Gasteiger partial charge in [-0.25, -0.2) is 4.57 Å². The second-order valence-corrected chi connectivity index (χ2v) is 14.7. The molecule has 11 heteroatoms. The van der Waals surface area contributed by atoms with Crippen molar-refractivity contribution in [2.24, 2.45) is 0 Å². The number of carbonyl (C=O) groups excluding carboxylic acids is 2. The molecule has 0 bridgehead atoms. The predicted molar refractivity (Wildman–Crippen MR) is 232 cm³/mol. The fourth-order valence-corrected chi connectivity index (χ4v) is 5.52. The molecular formula is C46H73O10P. The van der Waals surface area contributed by atoms with E-state index in [2.05, 4.69) is 116 Å². The standard InChI is InChI=1S/C46H73O10P/c1-3-5-7-9-11-13-15-17-19-20-21-22-24-26-28-30-32-34-36-38-46(50)56-44(42-55-57(51,52)54-40-43(48)39-47)41-53-45(49)37-35-33-31-29-27-25-23-18-16-14-12-10-8-6-4-2/h5,7,11-14,17-19,21-23,26-29,32,34,43-44,47-48H,3-4,6,8-10,15-16,20,24-25,30-31,33,35-42H2,1-2H3,(H,51,52)/b7-5+,13-11+,14-12+,19-17+,22-21+,23-18+,28-26+,29-27+,34-32+/t43-,44+/m0/s1. The summed E-state index contributed by atoms with van der Waals surface area (Å²) in [5, 5.41) is 18.3. The highest BCUT2D eigenvalue weighted by atomic mass is 31.2. The molecule has 0 aromatic carbocycles. The molecule has 0 aliphatic carbocycles. The number of carbonyl (C=O) groups is 2. The van der Waals surface area contributed by atoms with Gasteiger partial charge in [-0.05, 0) is 89.9 Å². The highest BCUT2D eigenvalue weighted by molar-refractivity contribution is 7.47. The molecule has 0 aliphatic heterocycles. The van der Waals surface area contributed by atoms with Crippen LogP contribution in [0, 0.1) is 0 Å². The molecule has 0 amide bonds. The molecule has 0 aliphatic rings. The van der Waals surface area contributed by atoms with Gasteiger partial charge in [0.2, 0.25) is 0 Å². The van der Waals surface area contributed by atoms with Gasteiger partial charge in [0.15, 0.2) is 6.10 Å². The first-order valence-corrected chi connectivity index (χ1v) is 22.3. The van der Waals surface area contributed by atoms with Crippen molar-refractivity contribution in [3.05, 3.63) is 109 Å². The van der Waals surface area contributed by atoms with Gasteiger partial charge in [-0.15, -0.1) is 0 Å². The number of aliphatic hydroxyl groups excluding tert-OH is 2. The number of phosphoric acid groups is 1. The summed E-state index contributed by atoms with van der Waals surface area (Å²) >= 11 is 0. The van der Waals surface area contributed by atoms with Crippen molar-refractivity contribution in [3.63, 3.8) is 0 Å². The molecule has 0 saturated heterocycles. The van der Waals surface area contributed by atoms with E-state index in [1.54, 1.807) is 0 Å². The quantitative estimate of drug-likeness (QED) is 0.0239. The molecule has 322 valence electrons. The Morgan fingerprint density at radius 3 is 1.46 bits per heavy atom. The maximum Gasteiger partial charge on any atom is 0.472 e. The Labute approximate surface area is 344 Å². The van der Waals surface area contributed by atoms with Gasteiger partial charge in [-0.3, -0.25) is 18.6 Å². The normalized spacial score (nSPS) is 15.0. The number of allylic oxidation sites excluding steroid dienone is 18. The van der Waals surface area contributed by atoms with Crippen LogP contribution in [0.5, 0.6) is 0 Å². The Morgan fingerprint density at radius 1 is 0.544 bits per heavy atom. The molecule has 0 spiro atoms. The average Bonchev–Trinajstić information content (AvgIpc) is 3.20. The van der Waals surface area contributed by atoms with Crippen molar-refractivity contribution >= 4 is 19.8 Å². The third-order valence-electron chi connectivity index (χ3n) is 7.92. The minimum atomic E-state index is -4.65. The van der Waals surface area contributed by atoms with Crippen LogP contribution in [0.3, 0.4) is 0 Å². The van der Waals surface area contributed by atoms with Crippen LogP contribution in [-0.4, -0.2) is 65.7 Å². The van der Waals surface area contributed by atoms with Gasteiger partial charge < -0.3 is 24.6 Å². The van der Waals surface area contributed by atoms with Crippen LogP contribution in [0.25, 0.3) is 0 Å². The van der Waals surface area contributed by atoms with Crippen molar-refractivity contribution < 1.29 is 47.8 Å². The van der Waals surface area contributed by atoms with E-state index in [4.69, 9.17) is 19.1 Å². The van der Waals surface area contributed by atoms with Crippen LogP contribution < -0.4 is 0 Å². The zero-order valence-electron chi connectivity index (χ0n) is 34.7. The first-order valence-electron chi connectivity index (χ1n) is 20.8. The monoisotopic (exact) mass is 816 g/mol. The first kappa shape index (κ1) is 53.6. The topological polar surface area (TPSA) is 149 Å². The third kappa shape index (κ3) is 40.6. The highest BCUT2D eigenvalue weighted by Crippen LogP contribution is 2.43. The van der Waals surface area contributed by atoms with Gasteiger partial charge >= 0.3 is 19.8 Å². The van der Waals surface area contributed by atoms with E-state index < -0.39 is 51.8 Å². The molecule has 0 heterocycles. The van der Waals surface area contributed by atoms with Crippen LogP contribution >= 0.6 is 7.82 Å². The number of phosphoric ester groups is 1. The summed E-state index contributed by atoms with van der Waals surface area (Å²) < 4.78 is 32.5. The van der Waals surface area contributed by atoms with Gasteiger partial charge in [0.05, 0.1) is 19.8 Å². The molecule has 0 radical (unpaired) electrons. The molecular weight excluding hydrogens is 743 g/mol. The van der Waals surface area contributed by atoms with Gasteiger partial charge in [0.25, 0.3) is 0 Å². The Hall–Kier alpha value is -3.37. The minimum Gasteiger partial charge on any atom is -0.462 e. The Bertz CT molecular complexity index is 1310. The molecule has 0 rings (SSSR count). The Morgan fingerprint density at radius 2 is 0.982 bits per heavy atom. The van der Waals surface area contributed by atoms with Crippen molar-refractivity contribution in [2.75, 3.05) is 26.4 Å². The summed E-state index contributed by atoms with van der Waals surface area (Å²) in [6.07, 6.45) is 50.7. The van der Waals surface area contributed by atoms with Crippen LogP contribution in [0.15, 0.2) is 109 Å². The SMILES string of the molecule is CC/C=C/C/C=C/C/C=C/C/C=C/C/C=C/C/C=C/CCC(=O)O[C@H](COC(=O)CCCC/C=C/C/C=C/C/C=C/CCCCC)COP(=O)(O)OC[C@@H](O)CO. The van der Waals surface area contributed by atoms with E-state index in [9.17, 15) is 24.2 Å². The molecule has 3 atom stereocenters. The van der Waals surface area contributed by atoms with Crippen molar-refractivity contribution in [1.82, 2.24) is 0 Å². The summed E-state index contributed by atoms with van der Waals surface area (Å²) in [6.45, 7) is 2.07. The van der Waals surface area contributed by atoms with E-state index in [-0.39, 0.29) is 19.4 Å². The molecule has 0 aromatic rings. The van der Waals surface area contributed by atoms with Crippen LogP contribution in [-0.2, 0) is 32.7 Å². The average molecular weight is 817 g/mol. The Balaban J connectivity index is 4.55. The smallest absolute Gasteiger partial charge is 0.462 e. The molecule has 0 fully saturated rings. The zero-order valence-corrected chi connectivity index (χ0v) is 35.6. The minimum absolute atomic E-state index is 0.0437. The lowest BCUT2D eigenvalue weighted by Crippen LogP contribution is -2.29. The van der Waals surface area contributed by atoms with Crippen LogP contribution in [0.4, 0.5) is 0 Å². The van der Waals surface area contributed by atoms with Crippen molar-refractivity contribution in [3.8, 4) is 0 Å². The largest absolute Gasteiger partial charge is 0.472 e. The highest BCUT2D eigenvalue weighted by Gasteiger charge is 2.27. The lowest BCUT2D eigenvalue weighted by molar-refractivity contribution is -0.161. The van der Waals surface area contributed by atoms with E-state index in [1.807, 2.05) is 12.2 Å². The lowest BCUT2D eigenvalue weighted by atomic mass is 10.1. The van der Waals surface area contributed by atoms with E-state index in [0.717, 1.165) is 70.6 Å². The Kier molecular flexibility index (Phi) is 38.4. The summed E-state index contributed by atoms with van der Waals surface area (Å²) in [6, 6.07) is 0. The first-order chi connectivity index (χ1) is 27.7. The number of unbranched alkanes of at least 4 members (excludes halogenated alkanes) is 5. The molecule has 0 saturated carbocycles.